The Morgan fingerprint density at radius 3 is 2.47 bits per heavy atom. The first-order valence-electron chi connectivity index (χ1n) is 10.4. The molecule has 0 bridgehead atoms. The highest BCUT2D eigenvalue weighted by Crippen LogP contribution is 2.30. The fourth-order valence-electron chi connectivity index (χ4n) is 3.48. The van der Waals surface area contributed by atoms with Crippen molar-refractivity contribution in [1.29, 1.82) is 0 Å². The molecule has 2 aromatic rings. The van der Waals surface area contributed by atoms with Crippen LogP contribution in [0.4, 0.5) is 0 Å². The first-order valence-corrected chi connectivity index (χ1v) is 11.9. The Kier molecular flexibility index (Phi) is 8.91. The van der Waals surface area contributed by atoms with E-state index in [1.807, 2.05) is 56.3 Å². The molecule has 0 aliphatic carbocycles. The summed E-state index contributed by atoms with van der Waals surface area (Å²) in [6, 6.07) is 11.3. The van der Waals surface area contributed by atoms with Crippen LogP contribution in [0.2, 0.25) is 0 Å². The van der Waals surface area contributed by atoms with Gasteiger partial charge in [0.05, 0.1) is 18.0 Å². The molecule has 4 nitrogen and oxygen atoms in total. The van der Waals surface area contributed by atoms with E-state index in [1.165, 1.54) is 0 Å². The number of sulfonamides is 1. The third kappa shape index (κ3) is 6.33. The molecule has 162 valence electrons. The summed E-state index contributed by atoms with van der Waals surface area (Å²) in [5.74, 6) is 0.698. The highest BCUT2D eigenvalue weighted by Gasteiger charge is 2.25. The second-order valence-corrected chi connectivity index (χ2v) is 9.22. The number of nitrogens with one attached hydrogen (secondary N) is 1. The van der Waals surface area contributed by atoms with Crippen molar-refractivity contribution in [1.82, 2.24) is 4.72 Å². The van der Waals surface area contributed by atoms with Gasteiger partial charge >= 0.3 is 0 Å². The summed E-state index contributed by atoms with van der Waals surface area (Å²) in [5, 5.41) is 0. The zero-order valence-corrected chi connectivity index (χ0v) is 19.5. The molecule has 0 aliphatic rings. The van der Waals surface area contributed by atoms with Crippen LogP contribution in [0.1, 0.15) is 48.4 Å². The third-order valence-electron chi connectivity index (χ3n) is 5.19. The van der Waals surface area contributed by atoms with Gasteiger partial charge in [0.25, 0.3) is 0 Å². The molecule has 2 rings (SSSR count). The minimum absolute atomic E-state index is 0.322. The normalized spacial score (nSPS) is 12.2. The van der Waals surface area contributed by atoms with Crippen molar-refractivity contribution < 1.29 is 13.2 Å². The number of methoxy groups -OCH3 is 1. The second kappa shape index (κ2) is 11.2. The van der Waals surface area contributed by atoms with Crippen LogP contribution in [0.25, 0.3) is 0 Å². The predicted molar refractivity (Wildman–Crippen MR) is 124 cm³/mol. The lowest BCUT2D eigenvalue weighted by molar-refractivity contribution is 0.410. The highest BCUT2D eigenvalue weighted by molar-refractivity contribution is 7.89. The predicted octanol–water partition coefficient (Wildman–Crippen LogP) is 5.41. The number of unbranched alkanes of at least 4 members (excludes halogenated alkanes) is 2. The lowest BCUT2D eigenvalue weighted by Crippen LogP contribution is -2.35. The van der Waals surface area contributed by atoms with E-state index in [9.17, 15) is 8.42 Å². The topological polar surface area (TPSA) is 55.4 Å². The van der Waals surface area contributed by atoms with Gasteiger partial charge in [-0.3, -0.25) is 0 Å². The zero-order chi connectivity index (χ0) is 22.1. The van der Waals surface area contributed by atoms with Gasteiger partial charge in [-0.25, -0.2) is 13.1 Å². The number of ether oxygens (including phenoxy) is 1. The molecule has 0 aliphatic heterocycles. The fraction of sp³-hybridized carbons (Fsp3) is 0.400. The molecular weight excluding hydrogens is 394 g/mol. The monoisotopic (exact) mass is 427 g/mol. The van der Waals surface area contributed by atoms with E-state index in [4.69, 9.17) is 4.74 Å². The largest absolute Gasteiger partial charge is 0.496 e. The molecule has 0 heterocycles. The second-order valence-electron chi connectivity index (χ2n) is 7.57. The standard InChI is InChI=1S/C25H33NO3S/c1-6-7-8-9-13-16-23(18-22-14-11-10-12-15-22)26-30(27,28)25-19(2)17-24(29-5)20(3)21(25)4/h9-12,14-17,23,26H,6-8,18H2,1-5H3/t13?,23-/m1/s1. The molecule has 0 saturated carbocycles. The van der Waals surface area contributed by atoms with Gasteiger partial charge in [-0.1, -0.05) is 43.7 Å². The van der Waals surface area contributed by atoms with Crippen molar-refractivity contribution in [2.24, 2.45) is 0 Å². The van der Waals surface area contributed by atoms with Crippen molar-refractivity contribution >= 4 is 10.0 Å². The van der Waals surface area contributed by atoms with Crippen LogP contribution < -0.4 is 9.46 Å². The molecule has 1 atom stereocenters. The summed E-state index contributed by atoms with van der Waals surface area (Å²) >= 11 is 0. The minimum atomic E-state index is -3.73. The van der Waals surface area contributed by atoms with E-state index in [-0.39, 0.29) is 0 Å². The van der Waals surface area contributed by atoms with Gasteiger partial charge in [0.15, 0.2) is 0 Å². The van der Waals surface area contributed by atoms with E-state index in [0.29, 0.717) is 28.2 Å². The van der Waals surface area contributed by atoms with Crippen molar-refractivity contribution in [3.8, 4) is 5.75 Å². The maximum atomic E-state index is 13.4. The van der Waals surface area contributed by atoms with Gasteiger partial charge in [0, 0.05) is 0 Å². The van der Waals surface area contributed by atoms with Crippen molar-refractivity contribution in [2.75, 3.05) is 7.11 Å². The summed E-state index contributed by atoms with van der Waals surface area (Å²) in [6.07, 6.45) is 7.51. The van der Waals surface area contributed by atoms with Crippen molar-refractivity contribution in [3.05, 3.63) is 76.5 Å². The molecule has 0 spiro atoms. The summed E-state index contributed by atoms with van der Waals surface area (Å²) in [6.45, 7) is 7.65. The summed E-state index contributed by atoms with van der Waals surface area (Å²) in [4.78, 5) is 0.322. The lowest BCUT2D eigenvalue weighted by Gasteiger charge is -2.20. The first-order chi connectivity index (χ1) is 14.3. The number of rotatable bonds is 10. The molecule has 0 aromatic heterocycles. The maximum absolute atomic E-state index is 13.4. The average molecular weight is 428 g/mol. The Morgan fingerprint density at radius 1 is 1.13 bits per heavy atom. The van der Waals surface area contributed by atoms with Gasteiger partial charge in [0.2, 0.25) is 10.0 Å². The molecule has 0 radical (unpaired) electrons. The van der Waals surface area contributed by atoms with Crippen LogP contribution in [0.15, 0.2) is 59.2 Å². The molecule has 0 saturated heterocycles. The third-order valence-corrected chi connectivity index (χ3v) is 6.97. The molecule has 30 heavy (non-hydrogen) atoms. The average Bonchev–Trinajstić information content (AvgIpc) is 2.70. The quantitative estimate of drug-likeness (QED) is 0.407. The van der Waals surface area contributed by atoms with E-state index in [2.05, 4.69) is 17.4 Å². The van der Waals surface area contributed by atoms with Gasteiger partial charge < -0.3 is 4.74 Å². The zero-order valence-electron chi connectivity index (χ0n) is 18.7. The Bertz CT molecular complexity index is 1000. The van der Waals surface area contributed by atoms with Gasteiger partial charge in [-0.2, -0.15) is 0 Å². The van der Waals surface area contributed by atoms with Crippen LogP contribution in [0.3, 0.4) is 0 Å². The van der Waals surface area contributed by atoms with E-state index >= 15 is 0 Å². The van der Waals surface area contributed by atoms with E-state index in [0.717, 1.165) is 30.4 Å². The Morgan fingerprint density at radius 2 is 1.83 bits per heavy atom. The van der Waals surface area contributed by atoms with Gasteiger partial charge in [-0.05, 0) is 80.5 Å². The first kappa shape index (κ1) is 23.9. The van der Waals surface area contributed by atoms with Crippen molar-refractivity contribution in [2.45, 2.75) is 64.3 Å². The number of benzene rings is 2. The van der Waals surface area contributed by atoms with E-state index in [1.54, 1.807) is 20.1 Å². The fourth-order valence-corrected chi connectivity index (χ4v) is 5.19. The molecule has 0 fully saturated rings. The molecule has 1 N–H and O–H groups in total. The van der Waals surface area contributed by atoms with Crippen LogP contribution in [-0.2, 0) is 16.4 Å². The maximum Gasteiger partial charge on any atom is 0.241 e. The number of hydrogen-bond acceptors (Lipinski definition) is 3. The Balaban J connectivity index is 2.38. The Hall–Kier alpha value is -2.33. The Labute approximate surface area is 181 Å². The SMILES string of the molecule is CCCCC=C=C[C@H](Cc1ccccc1)NS(=O)(=O)c1c(C)cc(OC)c(C)c1C. The highest BCUT2D eigenvalue weighted by atomic mass is 32.2. The summed E-state index contributed by atoms with van der Waals surface area (Å²) in [5.41, 5.74) is 6.45. The van der Waals surface area contributed by atoms with Crippen LogP contribution in [0, 0.1) is 20.8 Å². The van der Waals surface area contributed by atoms with Crippen LogP contribution >= 0.6 is 0 Å². The minimum Gasteiger partial charge on any atom is -0.496 e. The van der Waals surface area contributed by atoms with Crippen LogP contribution in [0.5, 0.6) is 5.75 Å². The molecule has 0 amide bonds. The number of aryl methyl sites for hydroxylation is 1. The van der Waals surface area contributed by atoms with Gasteiger partial charge in [-0.15, -0.1) is 5.73 Å². The lowest BCUT2D eigenvalue weighted by atomic mass is 10.1. The summed E-state index contributed by atoms with van der Waals surface area (Å²) < 4.78 is 35.0. The number of hydrogen-bond donors (Lipinski definition) is 1. The molecule has 0 unspecified atom stereocenters. The molecule has 2 aromatic carbocycles. The van der Waals surface area contributed by atoms with Gasteiger partial charge in [0.1, 0.15) is 5.75 Å². The smallest absolute Gasteiger partial charge is 0.241 e. The van der Waals surface area contributed by atoms with E-state index < -0.39 is 16.1 Å². The molecular formula is C25H33NO3S. The summed E-state index contributed by atoms with van der Waals surface area (Å²) in [7, 11) is -2.13. The van der Waals surface area contributed by atoms with Crippen molar-refractivity contribution in [3.63, 3.8) is 0 Å². The van der Waals surface area contributed by atoms with Crippen LogP contribution in [-0.4, -0.2) is 21.6 Å². The molecule has 5 heteroatoms.